The number of halogens is 3. The van der Waals surface area contributed by atoms with Crippen LogP contribution in [-0.4, -0.2) is 45.2 Å². The second-order valence-corrected chi connectivity index (χ2v) is 9.69. The predicted molar refractivity (Wildman–Crippen MR) is 150 cm³/mol. The number of aliphatic hydroxyl groups excluding tert-OH is 1. The Morgan fingerprint density at radius 1 is 1.05 bits per heavy atom. The zero-order chi connectivity index (χ0) is 29.1. The van der Waals surface area contributed by atoms with Crippen molar-refractivity contribution in [3.8, 4) is 16.9 Å². The molecule has 0 atom stereocenters. The summed E-state index contributed by atoms with van der Waals surface area (Å²) in [5.74, 6) is 0.254. The van der Waals surface area contributed by atoms with Crippen molar-refractivity contribution in [3.63, 3.8) is 0 Å². The highest BCUT2D eigenvalue weighted by Crippen LogP contribution is 2.37. The normalized spacial score (nSPS) is 11.9. The van der Waals surface area contributed by atoms with Gasteiger partial charge in [-0.25, -0.2) is 4.79 Å². The van der Waals surface area contributed by atoms with Crippen molar-refractivity contribution in [2.75, 3.05) is 13.2 Å². The van der Waals surface area contributed by atoms with Gasteiger partial charge in [-0.3, -0.25) is 4.68 Å². The van der Waals surface area contributed by atoms with Crippen molar-refractivity contribution < 1.29 is 32.5 Å². The summed E-state index contributed by atoms with van der Waals surface area (Å²) in [6.45, 7) is 2.02. The Labute approximate surface area is 234 Å². The highest BCUT2D eigenvalue weighted by molar-refractivity contribution is 6.04. The lowest BCUT2D eigenvalue weighted by Gasteiger charge is -2.10. The number of hydrogen-bond donors (Lipinski definition) is 2. The number of fused-ring (bicyclic) bond motifs is 2. The summed E-state index contributed by atoms with van der Waals surface area (Å²) >= 11 is 0. The number of alkyl halides is 3. The minimum Gasteiger partial charge on any atom is -0.493 e. The Hall–Kier alpha value is -4.31. The quantitative estimate of drug-likeness (QED) is 0.145. The van der Waals surface area contributed by atoms with Crippen molar-refractivity contribution in [3.05, 3.63) is 83.3 Å². The minimum atomic E-state index is -4.47. The Bertz CT molecular complexity index is 1700. The molecule has 0 aliphatic carbocycles. The number of rotatable bonds is 10. The van der Waals surface area contributed by atoms with E-state index in [9.17, 15) is 23.1 Å². The Balaban J connectivity index is 1.49. The van der Waals surface area contributed by atoms with Crippen LogP contribution in [-0.2, 0) is 24.3 Å². The van der Waals surface area contributed by atoms with Gasteiger partial charge in [0.05, 0.1) is 31.0 Å². The number of aryl methyl sites for hydroxylation is 1. The van der Waals surface area contributed by atoms with Gasteiger partial charge < -0.3 is 19.6 Å². The topological polar surface area (TPSA) is 89.4 Å². The van der Waals surface area contributed by atoms with Crippen molar-refractivity contribution in [1.82, 2.24) is 14.8 Å². The summed E-state index contributed by atoms with van der Waals surface area (Å²) in [6.07, 6.45) is -3.39. The molecule has 3 aromatic carbocycles. The molecule has 41 heavy (non-hydrogen) atoms. The molecule has 0 fully saturated rings. The summed E-state index contributed by atoms with van der Waals surface area (Å²) in [5.41, 5.74) is 2.89. The van der Waals surface area contributed by atoms with Crippen LogP contribution in [0.15, 0.2) is 60.7 Å². The van der Waals surface area contributed by atoms with Gasteiger partial charge in [-0.2, -0.15) is 18.3 Å². The van der Waals surface area contributed by atoms with E-state index in [1.165, 1.54) is 6.92 Å². The third kappa shape index (κ3) is 5.78. The van der Waals surface area contributed by atoms with Crippen molar-refractivity contribution in [2.24, 2.45) is 0 Å². The number of hydrogen-bond acceptors (Lipinski definition) is 5. The molecular weight excluding hydrogens is 535 g/mol. The summed E-state index contributed by atoms with van der Waals surface area (Å²) < 4.78 is 51.8. The maximum Gasteiger partial charge on any atom is 0.408 e. The molecule has 7 nitrogen and oxygen atoms in total. The van der Waals surface area contributed by atoms with Gasteiger partial charge in [0.25, 0.3) is 0 Å². The Kier molecular flexibility index (Phi) is 8.03. The number of carbonyl (C=O) groups excluding carboxylic acids is 1. The predicted octanol–water partition coefficient (Wildman–Crippen LogP) is 6.74. The molecule has 0 unspecified atom stereocenters. The molecule has 2 heterocycles. The number of aliphatic hydroxyl groups is 1. The van der Waals surface area contributed by atoms with E-state index in [-0.39, 0.29) is 23.7 Å². The highest BCUT2D eigenvalue weighted by atomic mass is 19.4. The molecular formula is C31H30F3N3O4. The number of para-hydroxylation sites is 1. The molecule has 0 spiro atoms. The van der Waals surface area contributed by atoms with Gasteiger partial charge in [0.1, 0.15) is 18.0 Å². The fraction of sp³-hybridized carbons (Fsp3) is 0.290. The van der Waals surface area contributed by atoms with E-state index in [1.807, 2.05) is 48.5 Å². The number of esters is 1. The Morgan fingerprint density at radius 3 is 2.54 bits per heavy atom. The van der Waals surface area contributed by atoms with Crippen LogP contribution in [0.5, 0.6) is 5.75 Å². The second-order valence-electron chi connectivity index (χ2n) is 9.69. The van der Waals surface area contributed by atoms with Gasteiger partial charge in [-0.05, 0) is 43.7 Å². The molecule has 2 aromatic heterocycles. The van der Waals surface area contributed by atoms with Gasteiger partial charge in [-0.15, -0.1) is 0 Å². The number of aromatic amines is 1. The molecule has 2 N–H and O–H groups in total. The Morgan fingerprint density at radius 2 is 1.78 bits per heavy atom. The lowest BCUT2D eigenvalue weighted by Crippen LogP contribution is -2.19. The van der Waals surface area contributed by atoms with Crippen LogP contribution in [0.2, 0.25) is 0 Å². The van der Waals surface area contributed by atoms with Crippen molar-refractivity contribution in [1.29, 1.82) is 0 Å². The van der Waals surface area contributed by atoms with Crippen LogP contribution in [0.1, 0.15) is 40.8 Å². The van der Waals surface area contributed by atoms with E-state index in [0.29, 0.717) is 36.1 Å². The van der Waals surface area contributed by atoms with Gasteiger partial charge in [0.15, 0.2) is 0 Å². The van der Waals surface area contributed by atoms with Crippen LogP contribution in [0.3, 0.4) is 0 Å². The fourth-order valence-electron chi connectivity index (χ4n) is 5.27. The average Bonchev–Trinajstić information content (AvgIpc) is 3.47. The molecule has 5 aromatic rings. The molecule has 0 bridgehead atoms. The van der Waals surface area contributed by atoms with Gasteiger partial charge >= 0.3 is 12.1 Å². The first kappa shape index (κ1) is 28.2. The monoisotopic (exact) mass is 565 g/mol. The van der Waals surface area contributed by atoms with Crippen molar-refractivity contribution in [2.45, 2.75) is 46.0 Å². The van der Waals surface area contributed by atoms with E-state index in [1.54, 1.807) is 19.1 Å². The number of carbonyl (C=O) groups is 1. The fourth-order valence-corrected chi connectivity index (χ4v) is 5.27. The van der Waals surface area contributed by atoms with E-state index < -0.39 is 25.3 Å². The lowest BCUT2D eigenvalue weighted by atomic mass is 9.98. The van der Waals surface area contributed by atoms with Crippen LogP contribution < -0.4 is 4.74 Å². The first-order valence-corrected chi connectivity index (χ1v) is 13.4. The number of nitrogens with one attached hydrogen (secondary N) is 1. The molecule has 0 amide bonds. The van der Waals surface area contributed by atoms with Gasteiger partial charge in [-0.1, -0.05) is 54.6 Å². The SMILES string of the molecule is CCOC(=O)c1[nH]c2c(-c3c(CO)nn(CC(F)(F)F)c3C)cccc2c1CCCOc1cccc2ccccc12. The maximum atomic E-state index is 13.2. The zero-order valence-corrected chi connectivity index (χ0v) is 22.7. The largest absolute Gasteiger partial charge is 0.493 e. The number of nitrogens with zero attached hydrogens (tertiary/aromatic N) is 2. The van der Waals surface area contributed by atoms with E-state index in [2.05, 4.69) is 10.1 Å². The van der Waals surface area contributed by atoms with E-state index in [0.717, 1.165) is 32.2 Å². The first-order valence-electron chi connectivity index (χ1n) is 13.4. The van der Waals surface area contributed by atoms with Crippen molar-refractivity contribution >= 4 is 27.6 Å². The standard InChI is InChI=1S/C31H30F3N3O4/c1-3-40-30(39)29-23(14-8-16-41-26-15-6-10-20-9-4-5-11-21(20)26)22-12-7-13-24(28(22)35-29)27-19(2)37(18-31(32,33)34)36-25(27)17-38/h4-7,9-13,15,35,38H,3,8,14,16-18H2,1-2H3. The van der Waals surface area contributed by atoms with Crippen LogP contribution in [0, 0.1) is 6.92 Å². The van der Waals surface area contributed by atoms with Gasteiger partial charge in [0.2, 0.25) is 0 Å². The third-order valence-corrected chi connectivity index (χ3v) is 7.03. The molecule has 0 aliphatic heterocycles. The maximum absolute atomic E-state index is 13.2. The van der Waals surface area contributed by atoms with Crippen LogP contribution in [0.4, 0.5) is 13.2 Å². The van der Waals surface area contributed by atoms with E-state index in [4.69, 9.17) is 9.47 Å². The highest BCUT2D eigenvalue weighted by Gasteiger charge is 2.31. The van der Waals surface area contributed by atoms with E-state index >= 15 is 0 Å². The molecule has 5 rings (SSSR count). The molecule has 0 aliphatic rings. The number of ether oxygens (including phenoxy) is 2. The summed E-state index contributed by atoms with van der Waals surface area (Å²) in [6, 6.07) is 19.2. The molecule has 214 valence electrons. The molecule has 10 heteroatoms. The second kappa shape index (κ2) is 11.7. The smallest absolute Gasteiger partial charge is 0.408 e. The molecule has 0 saturated heterocycles. The van der Waals surface area contributed by atoms with Crippen LogP contribution in [0.25, 0.3) is 32.8 Å². The molecule has 0 radical (unpaired) electrons. The van der Waals surface area contributed by atoms with Crippen LogP contribution >= 0.6 is 0 Å². The summed E-state index contributed by atoms with van der Waals surface area (Å²) in [7, 11) is 0. The summed E-state index contributed by atoms with van der Waals surface area (Å²) in [5, 5.41) is 16.8. The summed E-state index contributed by atoms with van der Waals surface area (Å²) in [4.78, 5) is 16.1. The number of benzene rings is 3. The molecule has 0 saturated carbocycles. The minimum absolute atomic E-state index is 0.122. The number of H-pyrrole nitrogens is 1. The lowest BCUT2D eigenvalue weighted by molar-refractivity contribution is -0.143. The number of aromatic nitrogens is 3. The zero-order valence-electron chi connectivity index (χ0n) is 22.7. The van der Waals surface area contributed by atoms with Gasteiger partial charge in [0, 0.05) is 27.6 Å². The average molecular weight is 566 g/mol. The third-order valence-electron chi connectivity index (χ3n) is 7.03. The first-order chi connectivity index (χ1) is 19.7.